The summed E-state index contributed by atoms with van der Waals surface area (Å²) in [5.74, 6) is 0.237. The maximum absolute atomic E-state index is 13.2. The van der Waals surface area contributed by atoms with Crippen molar-refractivity contribution in [2.24, 2.45) is 10.9 Å². The molecule has 0 spiro atoms. The van der Waals surface area contributed by atoms with E-state index in [-0.39, 0.29) is 22.3 Å². The van der Waals surface area contributed by atoms with Crippen molar-refractivity contribution in [1.82, 2.24) is 14.6 Å². The second-order valence-electron chi connectivity index (χ2n) is 9.10. The maximum Gasteiger partial charge on any atom is 0.245 e. The van der Waals surface area contributed by atoms with Gasteiger partial charge in [-0.2, -0.15) is 4.31 Å². The lowest BCUT2D eigenvalue weighted by molar-refractivity contribution is 0.271. The zero-order valence-corrected chi connectivity index (χ0v) is 20.7. The van der Waals surface area contributed by atoms with Crippen LogP contribution >= 0.6 is 0 Å². The average Bonchev–Trinajstić information content (AvgIpc) is 3.07. The second kappa shape index (κ2) is 10.1. The normalized spacial score (nSPS) is 18.4. The molecule has 3 heterocycles. The lowest BCUT2D eigenvalue weighted by Gasteiger charge is -2.31. The highest BCUT2D eigenvalue weighted by Gasteiger charge is 2.31. The molecule has 5 rings (SSSR count). The van der Waals surface area contributed by atoms with Crippen LogP contribution in [-0.4, -0.2) is 42.4 Å². The number of hydrogen-bond donors (Lipinski definition) is 3. The highest BCUT2D eigenvalue weighted by Crippen LogP contribution is 2.28. The quantitative estimate of drug-likeness (QED) is 0.460. The van der Waals surface area contributed by atoms with Crippen LogP contribution in [0.3, 0.4) is 0 Å². The Balaban J connectivity index is 1.45. The SMILES string of the molecule is Nc1ccccc1S(=O)(=O)N1CCCC(CN=c2cc(-c3ccccc3O)nc3c(c2)CNC=C3)C1. The number of nitrogens with two attached hydrogens (primary N) is 1. The van der Waals surface area contributed by atoms with E-state index in [1.54, 1.807) is 36.4 Å². The van der Waals surface area contributed by atoms with Crippen LogP contribution in [-0.2, 0) is 16.6 Å². The fraction of sp³-hybridized carbons (Fsp3) is 0.259. The zero-order chi connectivity index (χ0) is 25.1. The van der Waals surface area contributed by atoms with Crippen LogP contribution in [0.15, 0.2) is 76.8 Å². The molecule has 0 saturated carbocycles. The predicted octanol–water partition coefficient (Wildman–Crippen LogP) is 3.11. The molecule has 9 heteroatoms. The van der Waals surface area contributed by atoms with E-state index in [4.69, 9.17) is 15.7 Å². The third-order valence-corrected chi connectivity index (χ3v) is 8.50. The van der Waals surface area contributed by atoms with Gasteiger partial charge in [0.1, 0.15) is 10.6 Å². The summed E-state index contributed by atoms with van der Waals surface area (Å²) >= 11 is 0. The molecule has 1 saturated heterocycles. The molecule has 36 heavy (non-hydrogen) atoms. The summed E-state index contributed by atoms with van der Waals surface area (Å²) in [5.41, 5.74) is 9.32. The van der Waals surface area contributed by atoms with Crippen molar-refractivity contribution in [3.05, 3.63) is 83.5 Å². The summed E-state index contributed by atoms with van der Waals surface area (Å²) in [6.45, 7) is 1.98. The van der Waals surface area contributed by atoms with Crippen LogP contribution in [0.2, 0.25) is 0 Å². The van der Waals surface area contributed by atoms with Crippen molar-refractivity contribution in [3.63, 3.8) is 0 Å². The van der Waals surface area contributed by atoms with Crippen LogP contribution < -0.4 is 16.4 Å². The Morgan fingerprint density at radius 2 is 1.94 bits per heavy atom. The van der Waals surface area contributed by atoms with Crippen molar-refractivity contribution in [2.75, 3.05) is 25.4 Å². The van der Waals surface area contributed by atoms with E-state index in [0.717, 1.165) is 29.5 Å². The minimum absolute atomic E-state index is 0.0827. The van der Waals surface area contributed by atoms with Gasteiger partial charge >= 0.3 is 0 Å². The van der Waals surface area contributed by atoms with E-state index in [0.29, 0.717) is 37.4 Å². The first-order valence-electron chi connectivity index (χ1n) is 12.0. The van der Waals surface area contributed by atoms with Gasteiger partial charge in [-0.1, -0.05) is 24.3 Å². The average molecular weight is 504 g/mol. The van der Waals surface area contributed by atoms with Crippen LogP contribution in [0.5, 0.6) is 5.75 Å². The number of fused-ring (bicyclic) bond motifs is 1. The topological polar surface area (TPSA) is 121 Å². The van der Waals surface area contributed by atoms with Gasteiger partial charge in [0.25, 0.3) is 0 Å². The molecule has 2 aliphatic heterocycles. The summed E-state index contributed by atoms with van der Waals surface area (Å²) in [6.07, 6.45) is 5.43. The number of aromatic hydroxyl groups is 1. The van der Waals surface area contributed by atoms with Gasteiger partial charge in [-0.25, -0.2) is 13.4 Å². The number of piperidine rings is 1. The first kappa shape index (κ1) is 24.0. The van der Waals surface area contributed by atoms with Crippen molar-refractivity contribution < 1.29 is 13.5 Å². The first-order valence-corrected chi connectivity index (χ1v) is 13.4. The number of nitrogen functional groups attached to an aromatic ring is 1. The maximum atomic E-state index is 13.2. The Morgan fingerprint density at radius 1 is 1.14 bits per heavy atom. The molecule has 186 valence electrons. The standard InChI is InChI=1S/C27H29N5O3S/c28-23-8-2-4-10-27(23)36(34,35)32-13-5-6-19(18-32)16-30-21-14-20-17-29-12-11-24(20)31-25(15-21)22-7-1-3-9-26(22)33/h1-4,7-12,14-15,19,29,33H,5-6,13,16-18,28H2. The molecular weight excluding hydrogens is 474 g/mol. The number of aromatic nitrogens is 1. The Bertz CT molecular complexity index is 1490. The van der Waals surface area contributed by atoms with Gasteiger partial charge in [0.15, 0.2) is 0 Å². The van der Waals surface area contributed by atoms with Gasteiger partial charge < -0.3 is 16.2 Å². The van der Waals surface area contributed by atoms with E-state index >= 15 is 0 Å². The van der Waals surface area contributed by atoms with Gasteiger partial charge in [0.2, 0.25) is 10.0 Å². The summed E-state index contributed by atoms with van der Waals surface area (Å²) < 4.78 is 28.0. The fourth-order valence-corrected chi connectivity index (χ4v) is 6.33. The predicted molar refractivity (Wildman–Crippen MR) is 140 cm³/mol. The molecule has 4 N–H and O–H groups in total. The molecule has 0 aliphatic carbocycles. The van der Waals surface area contributed by atoms with E-state index in [9.17, 15) is 13.5 Å². The minimum Gasteiger partial charge on any atom is -0.507 e. The molecule has 3 aromatic rings. The smallest absolute Gasteiger partial charge is 0.245 e. The molecule has 2 aliphatic rings. The Hall–Kier alpha value is -3.69. The third kappa shape index (κ3) is 4.98. The highest BCUT2D eigenvalue weighted by molar-refractivity contribution is 7.89. The number of rotatable bonds is 5. The number of sulfonamides is 1. The van der Waals surface area contributed by atoms with Gasteiger partial charge in [-0.15, -0.1) is 0 Å². The number of benzene rings is 2. The molecular formula is C27H29N5O3S. The fourth-order valence-electron chi connectivity index (χ4n) is 4.66. The molecule has 1 atom stereocenters. The molecule has 1 aromatic heterocycles. The molecule has 2 aromatic carbocycles. The molecule has 1 unspecified atom stereocenters. The molecule has 0 amide bonds. The molecule has 8 nitrogen and oxygen atoms in total. The molecule has 0 bridgehead atoms. The first-order chi connectivity index (χ1) is 17.4. The molecule has 1 fully saturated rings. The third-order valence-electron chi connectivity index (χ3n) is 6.56. The lowest BCUT2D eigenvalue weighted by atomic mass is 10.00. The summed E-state index contributed by atoms with van der Waals surface area (Å²) in [7, 11) is -3.67. The Labute approximate surface area is 210 Å². The minimum atomic E-state index is -3.67. The van der Waals surface area contributed by atoms with Gasteiger partial charge in [0, 0.05) is 31.7 Å². The van der Waals surface area contributed by atoms with E-state index in [1.807, 2.05) is 36.5 Å². The van der Waals surface area contributed by atoms with Crippen molar-refractivity contribution in [1.29, 1.82) is 0 Å². The largest absolute Gasteiger partial charge is 0.507 e. The van der Waals surface area contributed by atoms with Crippen LogP contribution in [0.25, 0.3) is 17.3 Å². The van der Waals surface area contributed by atoms with E-state index in [2.05, 4.69) is 5.32 Å². The monoisotopic (exact) mass is 503 g/mol. The Morgan fingerprint density at radius 3 is 2.78 bits per heavy atom. The number of phenolic OH excluding ortho intramolecular Hbond substituents is 1. The van der Waals surface area contributed by atoms with Gasteiger partial charge in [-0.05, 0) is 73.0 Å². The summed E-state index contributed by atoms with van der Waals surface area (Å²) in [6, 6.07) is 17.6. The van der Waals surface area contributed by atoms with Gasteiger partial charge in [0.05, 0.1) is 22.4 Å². The zero-order valence-electron chi connectivity index (χ0n) is 19.8. The number of nitrogens with zero attached hydrogens (tertiary/aromatic N) is 3. The van der Waals surface area contributed by atoms with Crippen molar-refractivity contribution in [2.45, 2.75) is 24.3 Å². The van der Waals surface area contributed by atoms with Crippen LogP contribution in [0.1, 0.15) is 24.1 Å². The number of nitrogens with one attached hydrogen (secondary N) is 1. The molecule has 0 radical (unpaired) electrons. The number of hydrogen-bond acceptors (Lipinski definition) is 7. The van der Waals surface area contributed by atoms with Crippen LogP contribution in [0.4, 0.5) is 5.69 Å². The highest BCUT2D eigenvalue weighted by atomic mass is 32.2. The second-order valence-corrected chi connectivity index (χ2v) is 11.0. The van der Waals surface area contributed by atoms with Crippen molar-refractivity contribution >= 4 is 21.8 Å². The lowest BCUT2D eigenvalue weighted by Crippen LogP contribution is -2.41. The number of anilines is 1. The van der Waals surface area contributed by atoms with Gasteiger partial charge in [-0.3, -0.25) is 4.99 Å². The van der Waals surface area contributed by atoms with Crippen LogP contribution in [0, 0.1) is 5.92 Å². The van der Waals surface area contributed by atoms with Crippen molar-refractivity contribution in [3.8, 4) is 17.0 Å². The summed E-state index contributed by atoms with van der Waals surface area (Å²) in [5, 5.41) is 14.4. The van der Waals surface area contributed by atoms with E-state index in [1.165, 1.54) is 4.31 Å². The van der Waals surface area contributed by atoms with E-state index < -0.39 is 10.0 Å². The Kier molecular flexibility index (Phi) is 6.75. The number of phenols is 1. The number of para-hydroxylation sites is 2. The summed E-state index contributed by atoms with van der Waals surface area (Å²) in [4.78, 5) is 9.84.